The van der Waals surface area contributed by atoms with E-state index in [0.29, 0.717) is 12.3 Å². The minimum absolute atomic E-state index is 0.228. The minimum Gasteiger partial charge on any atom is -0.342 e. The summed E-state index contributed by atoms with van der Waals surface area (Å²) in [6.07, 6.45) is 4.85. The molecule has 1 fully saturated rings. The molecule has 1 saturated heterocycles. The number of benzene rings is 1. The molecule has 1 aromatic carbocycles. The number of aromatic nitrogens is 3. The van der Waals surface area contributed by atoms with Gasteiger partial charge in [-0.1, -0.05) is 29.8 Å². The lowest BCUT2D eigenvalue weighted by molar-refractivity contribution is -0.131. The van der Waals surface area contributed by atoms with Crippen LogP contribution in [0.4, 0.5) is 0 Å². The van der Waals surface area contributed by atoms with Crippen LogP contribution in [0.15, 0.2) is 24.3 Å². The third-order valence-electron chi connectivity index (χ3n) is 5.22. The number of carbonyl (C=O) groups is 1. The lowest BCUT2D eigenvalue weighted by atomic mass is 9.96. The van der Waals surface area contributed by atoms with Gasteiger partial charge in [0.1, 0.15) is 11.6 Å². The maximum Gasteiger partial charge on any atom is 0.227 e. The van der Waals surface area contributed by atoms with E-state index in [9.17, 15) is 4.79 Å². The molecule has 1 atom stereocenters. The first-order valence-corrected chi connectivity index (χ1v) is 8.96. The Labute approximate surface area is 142 Å². The Hall–Kier alpha value is -2.17. The zero-order chi connectivity index (χ0) is 16.5. The molecule has 2 aliphatic heterocycles. The zero-order valence-electron chi connectivity index (χ0n) is 14.2. The maximum atomic E-state index is 12.7. The van der Waals surface area contributed by atoms with Gasteiger partial charge < -0.3 is 9.47 Å². The van der Waals surface area contributed by atoms with Crippen molar-refractivity contribution in [2.75, 3.05) is 13.1 Å². The summed E-state index contributed by atoms with van der Waals surface area (Å²) in [5.41, 5.74) is 2.31. The fourth-order valence-corrected chi connectivity index (χ4v) is 4.00. The van der Waals surface area contributed by atoms with Crippen molar-refractivity contribution in [1.82, 2.24) is 19.7 Å². The fraction of sp³-hybridized carbons (Fsp3) is 0.526. The van der Waals surface area contributed by atoms with E-state index >= 15 is 0 Å². The Morgan fingerprint density at radius 2 is 2.17 bits per heavy atom. The summed E-state index contributed by atoms with van der Waals surface area (Å²) < 4.78 is 2.28. The van der Waals surface area contributed by atoms with Gasteiger partial charge in [0.2, 0.25) is 5.91 Å². The molecule has 1 amide bonds. The number of fused-ring (bicyclic) bond motifs is 1. The molecule has 0 saturated carbocycles. The maximum absolute atomic E-state index is 12.7. The molecule has 0 aliphatic carbocycles. The number of likely N-dealkylation sites (tertiary alicyclic amines) is 1. The highest BCUT2D eigenvalue weighted by Crippen LogP contribution is 2.28. The highest BCUT2D eigenvalue weighted by Gasteiger charge is 2.30. The van der Waals surface area contributed by atoms with E-state index in [1.807, 2.05) is 17.0 Å². The Balaban J connectivity index is 1.45. The summed E-state index contributed by atoms with van der Waals surface area (Å²) in [6, 6.07) is 8.23. The van der Waals surface area contributed by atoms with Crippen molar-refractivity contribution >= 4 is 5.91 Å². The van der Waals surface area contributed by atoms with Crippen molar-refractivity contribution in [3.63, 3.8) is 0 Å². The summed E-state index contributed by atoms with van der Waals surface area (Å²) in [5.74, 6) is 2.77. The normalized spacial score (nSPS) is 20.2. The Kier molecular flexibility index (Phi) is 4.08. The monoisotopic (exact) mass is 324 g/mol. The van der Waals surface area contributed by atoms with Crippen LogP contribution in [0, 0.1) is 6.92 Å². The van der Waals surface area contributed by atoms with Crippen molar-refractivity contribution in [3.05, 3.63) is 47.0 Å². The number of amides is 1. The van der Waals surface area contributed by atoms with Crippen LogP contribution in [0.1, 0.15) is 48.0 Å². The fourth-order valence-electron chi connectivity index (χ4n) is 4.00. The smallest absolute Gasteiger partial charge is 0.227 e. The summed E-state index contributed by atoms with van der Waals surface area (Å²) >= 11 is 0. The van der Waals surface area contributed by atoms with Crippen molar-refractivity contribution in [3.8, 4) is 0 Å². The molecule has 1 unspecified atom stereocenters. The first kappa shape index (κ1) is 15.4. The summed E-state index contributed by atoms with van der Waals surface area (Å²) in [7, 11) is 0. The van der Waals surface area contributed by atoms with Gasteiger partial charge in [-0.25, -0.2) is 0 Å². The van der Waals surface area contributed by atoms with Crippen LogP contribution in [0.2, 0.25) is 0 Å². The third kappa shape index (κ3) is 2.95. The van der Waals surface area contributed by atoms with E-state index in [2.05, 4.69) is 33.8 Å². The second-order valence-corrected chi connectivity index (χ2v) is 7.07. The first-order chi connectivity index (χ1) is 11.7. The molecule has 0 spiro atoms. The number of aryl methyl sites for hydroxylation is 2. The number of hydrogen-bond acceptors (Lipinski definition) is 3. The Bertz CT molecular complexity index is 752. The standard InChI is InChI=1S/C19H24N4O/c1-14-5-2-6-15(11-14)12-18(24)22-9-3-7-16(13-22)19-21-20-17-8-4-10-23(17)19/h2,5-6,11,16H,3-4,7-10,12-13H2,1H3. The van der Waals surface area contributed by atoms with E-state index in [1.165, 1.54) is 12.0 Å². The van der Waals surface area contributed by atoms with Crippen molar-refractivity contribution in [2.45, 2.75) is 51.5 Å². The predicted molar refractivity (Wildman–Crippen MR) is 91.8 cm³/mol. The number of piperidine rings is 1. The van der Waals surface area contributed by atoms with Gasteiger partial charge in [-0.3, -0.25) is 4.79 Å². The number of carbonyl (C=O) groups excluding carboxylic acids is 1. The predicted octanol–water partition coefficient (Wildman–Crippen LogP) is 2.48. The molecule has 3 heterocycles. The molecule has 1 aromatic heterocycles. The quantitative estimate of drug-likeness (QED) is 0.871. The van der Waals surface area contributed by atoms with E-state index in [-0.39, 0.29) is 5.91 Å². The lowest BCUT2D eigenvalue weighted by Crippen LogP contribution is -2.40. The van der Waals surface area contributed by atoms with Gasteiger partial charge in [-0.05, 0) is 31.7 Å². The molecular weight excluding hydrogens is 300 g/mol. The zero-order valence-corrected chi connectivity index (χ0v) is 14.2. The summed E-state index contributed by atoms with van der Waals surface area (Å²) in [6.45, 7) is 4.74. The van der Waals surface area contributed by atoms with Crippen molar-refractivity contribution in [1.29, 1.82) is 0 Å². The van der Waals surface area contributed by atoms with Gasteiger partial charge in [0, 0.05) is 32.0 Å². The first-order valence-electron chi connectivity index (χ1n) is 8.96. The molecule has 5 nitrogen and oxygen atoms in total. The second kappa shape index (κ2) is 6.38. The van der Waals surface area contributed by atoms with E-state index < -0.39 is 0 Å². The molecule has 0 N–H and O–H groups in total. The van der Waals surface area contributed by atoms with Gasteiger partial charge in [0.15, 0.2) is 0 Å². The molecule has 5 heteroatoms. The van der Waals surface area contributed by atoms with Crippen LogP contribution in [0.25, 0.3) is 0 Å². The third-order valence-corrected chi connectivity index (χ3v) is 5.22. The van der Waals surface area contributed by atoms with Gasteiger partial charge in [-0.2, -0.15) is 0 Å². The average Bonchev–Trinajstić information content (AvgIpc) is 3.18. The van der Waals surface area contributed by atoms with Crippen LogP contribution in [0.5, 0.6) is 0 Å². The largest absolute Gasteiger partial charge is 0.342 e. The van der Waals surface area contributed by atoms with Crippen LogP contribution < -0.4 is 0 Å². The van der Waals surface area contributed by atoms with Crippen molar-refractivity contribution in [2.24, 2.45) is 0 Å². The van der Waals surface area contributed by atoms with E-state index in [0.717, 1.165) is 56.1 Å². The summed E-state index contributed by atoms with van der Waals surface area (Å²) in [5, 5.41) is 8.75. The highest BCUT2D eigenvalue weighted by atomic mass is 16.2. The van der Waals surface area contributed by atoms with Crippen LogP contribution in [0.3, 0.4) is 0 Å². The number of nitrogens with zero attached hydrogens (tertiary/aromatic N) is 4. The average molecular weight is 324 g/mol. The topological polar surface area (TPSA) is 51.0 Å². The van der Waals surface area contributed by atoms with Crippen LogP contribution >= 0.6 is 0 Å². The van der Waals surface area contributed by atoms with Gasteiger partial charge in [0.05, 0.1) is 6.42 Å². The molecule has 2 aliphatic rings. The summed E-state index contributed by atoms with van der Waals surface area (Å²) in [4.78, 5) is 14.7. The Morgan fingerprint density at radius 3 is 3.04 bits per heavy atom. The van der Waals surface area contributed by atoms with Crippen LogP contribution in [-0.2, 0) is 24.2 Å². The minimum atomic E-state index is 0.228. The second-order valence-electron chi connectivity index (χ2n) is 7.07. The van der Waals surface area contributed by atoms with Crippen LogP contribution in [-0.4, -0.2) is 38.7 Å². The molecule has 126 valence electrons. The highest BCUT2D eigenvalue weighted by molar-refractivity contribution is 5.79. The molecule has 24 heavy (non-hydrogen) atoms. The molecular formula is C19H24N4O. The number of hydrogen-bond donors (Lipinski definition) is 0. The molecule has 2 aromatic rings. The lowest BCUT2D eigenvalue weighted by Gasteiger charge is -2.32. The van der Waals surface area contributed by atoms with E-state index in [4.69, 9.17) is 0 Å². The number of rotatable bonds is 3. The molecule has 0 bridgehead atoms. The SMILES string of the molecule is Cc1cccc(CC(=O)N2CCCC(c3nnc4n3CCC4)C2)c1. The molecule has 0 radical (unpaired) electrons. The van der Waals surface area contributed by atoms with Gasteiger partial charge >= 0.3 is 0 Å². The van der Waals surface area contributed by atoms with Gasteiger partial charge in [-0.15, -0.1) is 10.2 Å². The van der Waals surface area contributed by atoms with E-state index in [1.54, 1.807) is 0 Å². The Morgan fingerprint density at radius 1 is 1.25 bits per heavy atom. The molecule has 4 rings (SSSR count). The van der Waals surface area contributed by atoms with Crippen molar-refractivity contribution < 1.29 is 4.79 Å². The van der Waals surface area contributed by atoms with Gasteiger partial charge in [0.25, 0.3) is 0 Å².